The maximum atomic E-state index is 12.0. The Labute approximate surface area is 110 Å². The molecule has 0 aromatic heterocycles. The minimum Gasteiger partial charge on any atom is -0.355 e. The number of hydrogen-bond acceptors (Lipinski definition) is 3. The van der Waals surface area contributed by atoms with Gasteiger partial charge in [0.2, 0.25) is 5.91 Å². The van der Waals surface area contributed by atoms with Gasteiger partial charge < -0.3 is 10.6 Å². The van der Waals surface area contributed by atoms with Crippen molar-refractivity contribution in [3.8, 4) is 0 Å². The van der Waals surface area contributed by atoms with Gasteiger partial charge in [-0.05, 0) is 45.7 Å². The molecule has 2 fully saturated rings. The average Bonchev–Trinajstić information content (AvgIpc) is 3.18. The van der Waals surface area contributed by atoms with Crippen LogP contribution in [-0.2, 0) is 4.79 Å². The Morgan fingerprint density at radius 2 is 2.17 bits per heavy atom. The third kappa shape index (κ3) is 3.95. The number of nitrogens with one attached hydrogen (secondary N) is 2. The number of amides is 1. The van der Waals surface area contributed by atoms with Crippen molar-refractivity contribution in [1.82, 2.24) is 15.5 Å². The molecule has 0 bridgehead atoms. The van der Waals surface area contributed by atoms with Crippen LogP contribution in [0.15, 0.2) is 0 Å². The monoisotopic (exact) mass is 253 g/mol. The fraction of sp³-hybridized carbons (Fsp3) is 0.929. The molecule has 2 aliphatic rings. The normalized spacial score (nSPS) is 28.4. The lowest BCUT2D eigenvalue weighted by atomic mass is 9.92. The summed E-state index contributed by atoms with van der Waals surface area (Å²) in [7, 11) is 0. The Kier molecular flexibility index (Phi) is 5.01. The van der Waals surface area contributed by atoms with Crippen LogP contribution in [0.25, 0.3) is 0 Å². The third-order valence-electron chi connectivity index (χ3n) is 4.16. The van der Waals surface area contributed by atoms with Crippen LogP contribution in [-0.4, -0.2) is 49.1 Å². The number of likely N-dealkylation sites (N-methyl/N-ethyl adjacent to an activating group) is 1. The lowest BCUT2D eigenvalue weighted by molar-refractivity contribution is -0.126. The largest absolute Gasteiger partial charge is 0.355 e. The number of nitrogens with zero attached hydrogens (tertiary/aromatic N) is 1. The summed E-state index contributed by atoms with van der Waals surface area (Å²) >= 11 is 0. The quantitative estimate of drug-likeness (QED) is 0.741. The highest BCUT2D eigenvalue weighted by Gasteiger charge is 2.28. The van der Waals surface area contributed by atoms with Crippen molar-refractivity contribution in [2.75, 3.05) is 26.2 Å². The predicted octanol–water partition coefficient (Wildman–Crippen LogP) is 0.975. The number of rotatable bonds is 6. The summed E-state index contributed by atoms with van der Waals surface area (Å²) < 4.78 is 0. The Bertz CT molecular complexity index is 278. The molecule has 1 saturated heterocycles. The first-order chi connectivity index (χ1) is 8.70. The van der Waals surface area contributed by atoms with E-state index in [0.29, 0.717) is 6.04 Å². The molecule has 1 amide bonds. The molecular formula is C14H27N3O. The van der Waals surface area contributed by atoms with Crippen LogP contribution in [0.1, 0.15) is 39.5 Å². The average molecular weight is 253 g/mol. The van der Waals surface area contributed by atoms with Crippen LogP contribution >= 0.6 is 0 Å². The van der Waals surface area contributed by atoms with Crippen LogP contribution in [0, 0.1) is 5.92 Å². The van der Waals surface area contributed by atoms with Crippen LogP contribution in [0.2, 0.25) is 0 Å². The number of carbonyl (C=O) groups is 1. The van der Waals surface area contributed by atoms with Gasteiger partial charge in [-0.1, -0.05) is 6.92 Å². The van der Waals surface area contributed by atoms with Gasteiger partial charge in [-0.3, -0.25) is 9.69 Å². The molecule has 1 aliphatic carbocycles. The molecule has 1 aliphatic heterocycles. The van der Waals surface area contributed by atoms with Gasteiger partial charge in [-0.15, -0.1) is 0 Å². The van der Waals surface area contributed by atoms with Gasteiger partial charge in [0.05, 0.1) is 0 Å². The maximum absolute atomic E-state index is 12.0. The highest BCUT2D eigenvalue weighted by Crippen LogP contribution is 2.25. The summed E-state index contributed by atoms with van der Waals surface area (Å²) in [6, 6.07) is 1.28. The zero-order chi connectivity index (χ0) is 13.0. The van der Waals surface area contributed by atoms with Crippen LogP contribution < -0.4 is 10.6 Å². The van der Waals surface area contributed by atoms with Gasteiger partial charge >= 0.3 is 0 Å². The van der Waals surface area contributed by atoms with E-state index in [4.69, 9.17) is 0 Å². The number of piperidine rings is 1. The van der Waals surface area contributed by atoms with Crippen LogP contribution in [0.5, 0.6) is 0 Å². The summed E-state index contributed by atoms with van der Waals surface area (Å²) in [4.78, 5) is 14.5. The summed E-state index contributed by atoms with van der Waals surface area (Å²) in [5, 5.41) is 6.50. The lowest BCUT2D eigenvalue weighted by Crippen LogP contribution is -2.44. The molecule has 18 heavy (non-hydrogen) atoms. The summed E-state index contributed by atoms with van der Waals surface area (Å²) in [5.74, 6) is 0.479. The zero-order valence-corrected chi connectivity index (χ0v) is 11.7. The molecule has 0 aromatic carbocycles. The molecule has 0 aromatic rings. The van der Waals surface area contributed by atoms with Crippen LogP contribution in [0.4, 0.5) is 0 Å². The van der Waals surface area contributed by atoms with Gasteiger partial charge in [0, 0.05) is 31.1 Å². The first-order valence-electron chi connectivity index (χ1n) is 7.45. The topological polar surface area (TPSA) is 44.4 Å². The van der Waals surface area contributed by atoms with E-state index in [1.54, 1.807) is 0 Å². The Morgan fingerprint density at radius 1 is 1.39 bits per heavy atom. The SMILES string of the molecule is CCN(CCNC(=O)C1CCNC(C)C1)C1CC1. The van der Waals surface area contributed by atoms with E-state index in [1.165, 1.54) is 12.8 Å². The van der Waals surface area contributed by atoms with E-state index < -0.39 is 0 Å². The van der Waals surface area contributed by atoms with Gasteiger partial charge in [0.1, 0.15) is 0 Å². The van der Waals surface area contributed by atoms with E-state index in [1.807, 2.05) is 0 Å². The van der Waals surface area contributed by atoms with E-state index in [-0.39, 0.29) is 11.8 Å². The molecule has 1 heterocycles. The second-order valence-corrected chi connectivity index (χ2v) is 5.73. The lowest BCUT2D eigenvalue weighted by Gasteiger charge is -2.27. The van der Waals surface area contributed by atoms with Crippen molar-refractivity contribution in [2.24, 2.45) is 5.92 Å². The summed E-state index contributed by atoms with van der Waals surface area (Å²) in [6.07, 6.45) is 4.64. The van der Waals surface area contributed by atoms with Crippen molar-refractivity contribution in [2.45, 2.75) is 51.6 Å². The maximum Gasteiger partial charge on any atom is 0.223 e. The highest BCUT2D eigenvalue weighted by atomic mass is 16.1. The van der Waals surface area contributed by atoms with E-state index in [0.717, 1.165) is 45.1 Å². The minimum absolute atomic E-state index is 0.220. The van der Waals surface area contributed by atoms with Gasteiger partial charge in [0.15, 0.2) is 0 Å². The second-order valence-electron chi connectivity index (χ2n) is 5.73. The molecule has 2 unspecified atom stereocenters. The summed E-state index contributed by atoms with van der Waals surface area (Å²) in [6.45, 7) is 8.25. The third-order valence-corrected chi connectivity index (χ3v) is 4.16. The van der Waals surface area contributed by atoms with Crippen molar-refractivity contribution in [1.29, 1.82) is 0 Å². The van der Waals surface area contributed by atoms with Crippen LogP contribution in [0.3, 0.4) is 0 Å². The molecule has 104 valence electrons. The zero-order valence-electron chi connectivity index (χ0n) is 11.7. The molecule has 0 spiro atoms. The van der Waals surface area contributed by atoms with E-state index >= 15 is 0 Å². The van der Waals surface area contributed by atoms with E-state index in [2.05, 4.69) is 29.4 Å². The second kappa shape index (κ2) is 6.53. The van der Waals surface area contributed by atoms with Crippen molar-refractivity contribution < 1.29 is 4.79 Å². The predicted molar refractivity (Wildman–Crippen MR) is 73.5 cm³/mol. The molecule has 2 atom stereocenters. The molecular weight excluding hydrogens is 226 g/mol. The smallest absolute Gasteiger partial charge is 0.223 e. The molecule has 2 rings (SSSR count). The van der Waals surface area contributed by atoms with Crippen molar-refractivity contribution >= 4 is 5.91 Å². The van der Waals surface area contributed by atoms with Gasteiger partial charge in [-0.25, -0.2) is 0 Å². The standard InChI is InChI=1S/C14H27N3O/c1-3-17(13-4-5-13)9-8-16-14(18)12-6-7-15-11(2)10-12/h11-13,15H,3-10H2,1-2H3,(H,16,18). The van der Waals surface area contributed by atoms with Crippen molar-refractivity contribution in [3.05, 3.63) is 0 Å². The summed E-state index contributed by atoms with van der Waals surface area (Å²) in [5.41, 5.74) is 0. The number of carbonyl (C=O) groups excluding carboxylic acids is 1. The molecule has 2 N–H and O–H groups in total. The molecule has 4 nitrogen and oxygen atoms in total. The Morgan fingerprint density at radius 3 is 2.78 bits per heavy atom. The fourth-order valence-corrected chi connectivity index (χ4v) is 2.88. The first-order valence-corrected chi connectivity index (χ1v) is 7.45. The van der Waals surface area contributed by atoms with Gasteiger partial charge in [0.25, 0.3) is 0 Å². The number of hydrogen-bond donors (Lipinski definition) is 2. The molecule has 4 heteroatoms. The highest BCUT2D eigenvalue weighted by molar-refractivity contribution is 5.78. The molecule has 0 radical (unpaired) electrons. The van der Waals surface area contributed by atoms with Gasteiger partial charge in [-0.2, -0.15) is 0 Å². The first kappa shape index (κ1) is 13.8. The fourth-order valence-electron chi connectivity index (χ4n) is 2.88. The minimum atomic E-state index is 0.220. The Hall–Kier alpha value is -0.610. The Balaban J connectivity index is 1.64. The van der Waals surface area contributed by atoms with Crippen molar-refractivity contribution in [3.63, 3.8) is 0 Å². The van der Waals surface area contributed by atoms with E-state index in [9.17, 15) is 4.79 Å². The molecule has 1 saturated carbocycles.